The first-order valence-electron chi connectivity index (χ1n) is 4.57. The maximum Gasteiger partial charge on any atom is 0.0966 e. The number of allylic oxidation sites excluding steroid dienone is 1. The summed E-state index contributed by atoms with van der Waals surface area (Å²) >= 11 is 0. The van der Waals surface area contributed by atoms with Crippen molar-refractivity contribution in [3.8, 4) is 0 Å². The van der Waals surface area contributed by atoms with E-state index in [9.17, 15) is 0 Å². The molecular weight excluding hydrogens is 182 g/mol. The highest BCUT2D eigenvalue weighted by Crippen LogP contribution is 1.93. The maximum absolute atomic E-state index is 3.68. The van der Waals surface area contributed by atoms with Crippen LogP contribution >= 0.6 is 0 Å². The van der Waals surface area contributed by atoms with Crippen LogP contribution in [0.25, 0.3) is 0 Å². The normalized spacial score (nSPS) is 8.92. The van der Waals surface area contributed by atoms with Crippen LogP contribution in [0.15, 0.2) is 25.3 Å². The zero-order chi connectivity index (χ0) is 10.0. The van der Waals surface area contributed by atoms with Gasteiger partial charge in [-0.1, -0.05) is 19.6 Å². The van der Waals surface area contributed by atoms with Crippen molar-refractivity contribution in [3.05, 3.63) is 25.3 Å². The highest BCUT2D eigenvalue weighted by Gasteiger charge is 2.06. The van der Waals surface area contributed by atoms with Gasteiger partial charge < -0.3 is 16.9 Å². The minimum Gasteiger partial charge on any atom is -1.00 e. The standard InChI is InChI=1S/C7H16N.C4H8.ClH/c1-5-7-8(3,4)6-2;1-3-4-2;/h5H,1,6-7H2,2-4H3;3H,1,4H2,2H3;1H/q+1;;/p-1. The smallest absolute Gasteiger partial charge is 0.0966 e. The third kappa shape index (κ3) is 18.6. The van der Waals surface area contributed by atoms with Gasteiger partial charge in [-0.25, -0.2) is 0 Å². The first-order chi connectivity index (χ1) is 5.54. The molecule has 13 heavy (non-hydrogen) atoms. The fourth-order valence-corrected chi connectivity index (χ4v) is 0.479. The largest absolute Gasteiger partial charge is 1.00 e. The molecule has 2 heteroatoms. The molecule has 0 saturated heterocycles. The van der Waals surface area contributed by atoms with Gasteiger partial charge in [0.25, 0.3) is 0 Å². The van der Waals surface area contributed by atoms with Gasteiger partial charge >= 0.3 is 0 Å². The Morgan fingerprint density at radius 1 is 1.08 bits per heavy atom. The molecule has 0 aliphatic rings. The fraction of sp³-hybridized carbons (Fsp3) is 0.636. The second-order valence-corrected chi connectivity index (χ2v) is 3.42. The van der Waals surface area contributed by atoms with Gasteiger partial charge in [0.15, 0.2) is 0 Å². The number of hydrogen-bond donors (Lipinski definition) is 0. The minimum atomic E-state index is 0. The Kier molecular flexibility index (Phi) is 16.7. The van der Waals surface area contributed by atoms with Gasteiger partial charge in [0.05, 0.1) is 27.2 Å². The van der Waals surface area contributed by atoms with E-state index in [-0.39, 0.29) is 12.4 Å². The predicted molar refractivity (Wildman–Crippen MR) is 58.2 cm³/mol. The number of rotatable bonds is 4. The first-order valence-corrected chi connectivity index (χ1v) is 4.57. The number of halogens is 1. The van der Waals surface area contributed by atoms with E-state index in [0.717, 1.165) is 17.4 Å². The summed E-state index contributed by atoms with van der Waals surface area (Å²) in [7, 11) is 4.39. The highest BCUT2D eigenvalue weighted by atomic mass is 35.5. The van der Waals surface area contributed by atoms with Crippen molar-refractivity contribution in [2.75, 3.05) is 27.2 Å². The van der Waals surface area contributed by atoms with E-state index in [1.54, 1.807) is 0 Å². The van der Waals surface area contributed by atoms with Crippen LogP contribution in [0, 0.1) is 0 Å². The average molecular weight is 206 g/mol. The Labute approximate surface area is 90.1 Å². The van der Waals surface area contributed by atoms with Crippen LogP contribution in [-0.4, -0.2) is 31.7 Å². The molecule has 80 valence electrons. The van der Waals surface area contributed by atoms with E-state index in [4.69, 9.17) is 0 Å². The van der Waals surface area contributed by atoms with Crippen molar-refractivity contribution < 1.29 is 16.9 Å². The summed E-state index contributed by atoms with van der Waals surface area (Å²) in [4.78, 5) is 0. The van der Waals surface area contributed by atoms with E-state index in [1.165, 1.54) is 6.54 Å². The summed E-state index contributed by atoms with van der Waals surface area (Å²) in [6.45, 7) is 13.6. The van der Waals surface area contributed by atoms with Gasteiger partial charge in [0, 0.05) is 0 Å². The summed E-state index contributed by atoms with van der Waals surface area (Å²) < 4.78 is 1.05. The second-order valence-electron chi connectivity index (χ2n) is 3.42. The Bertz CT molecular complexity index is 119. The Balaban J connectivity index is -0.000000173. The van der Waals surface area contributed by atoms with Gasteiger partial charge in [-0.15, -0.1) is 6.58 Å². The van der Waals surface area contributed by atoms with Gasteiger partial charge in [-0.05, 0) is 19.4 Å². The lowest BCUT2D eigenvalue weighted by atomic mass is 10.4. The maximum atomic E-state index is 3.68. The molecule has 0 amide bonds. The summed E-state index contributed by atoms with van der Waals surface area (Å²) in [5.41, 5.74) is 0. The van der Waals surface area contributed by atoms with Gasteiger partial charge in [-0.2, -0.15) is 0 Å². The molecule has 0 atom stereocenters. The third-order valence-corrected chi connectivity index (χ3v) is 1.77. The molecule has 0 N–H and O–H groups in total. The van der Waals surface area contributed by atoms with Crippen molar-refractivity contribution in [1.29, 1.82) is 0 Å². The predicted octanol–water partition coefficient (Wildman–Crippen LogP) is -0.145. The molecule has 0 aromatic rings. The van der Waals surface area contributed by atoms with Crippen LogP contribution < -0.4 is 12.4 Å². The molecule has 0 aromatic heterocycles. The lowest BCUT2D eigenvalue weighted by molar-refractivity contribution is -0.882. The molecule has 1 nitrogen and oxygen atoms in total. The van der Waals surface area contributed by atoms with E-state index < -0.39 is 0 Å². The van der Waals surface area contributed by atoms with Gasteiger partial charge in [0.1, 0.15) is 0 Å². The first kappa shape index (κ1) is 18.5. The van der Waals surface area contributed by atoms with Crippen LogP contribution in [0.3, 0.4) is 0 Å². The van der Waals surface area contributed by atoms with Crippen LogP contribution in [-0.2, 0) is 0 Å². The van der Waals surface area contributed by atoms with Crippen LogP contribution in [0.4, 0.5) is 0 Å². The molecule has 0 heterocycles. The average Bonchev–Trinajstić information content (AvgIpc) is 2.05. The topological polar surface area (TPSA) is 0 Å². The van der Waals surface area contributed by atoms with Gasteiger partial charge in [-0.3, -0.25) is 0 Å². The molecule has 0 bridgehead atoms. The molecule has 0 fully saturated rings. The molecule has 0 radical (unpaired) electrons. The van der Waals surface area contributed by atoms with E-state index >= 15 is 0 Å². The van der Waals surface area contributed by atoms with E-state index in [1.807, 2.05) is 12.2 Å². The molecule has 0 rings (SSSR count). The lowest BCUT2D eigenvalue weighted by Crippen LogP contribution is -3.00. The summed E-state index contributed by atoms with van der Waals surface area (Å²) in [6.07, 6.45) is 4.92. The molecule has 0 aromatic carbocycles. The third-order valence-electron chi connectivity index (χ3n) is 1.77. The molecular formula is C11H24ClN. The number of quaternary nitrogens is 1. The van der Waals surface area contributed by atoms with Gasteiger partial charge in [0.2, 0.25) is 0 Å². The molecule has 0 unspecified atom stereocenters. The number of hydrogen-bond acceptors (Lipinski definition) is 0. The Morgan fingerprint density at radius 2 is 1.46 bits per heavy atom. The second kappa shape index (κ2) is 11.7. The van der Waals surface area contributed by atoms with Crippen molar-refractivity contribution in [1.82, 2.24) is 0 Å². The Morgan fingerprint density at radius 3 is 1.54 bits per heavy atom. The minimum absolute atomic E-state index is 0. The van der Waals surface area contributed by atoms with Crippen molar-refractivity contribution >= 4 is 0 Å². The molecule has 0 aliphatic carbocycles. The summed E-state index contributed by atoms with van der Waals surface area (Å²) in [6, 6.07) is 0. The monoisotopic (exact) mass is 205 g/mol. The molecule has 0 aliphatic heterocycles. The van der Waals surface area contributed by atoms with Crippen molar-refractivity contribution in [2.24, 2.45) is 0 Å². The fourth-order valence-electron chi connectivity index (χ4n) is 0.479. The van der Waals surface area contributed by atoms with Crippen LogP contribution in [0.5, 0.6) is 0 Å². The zero-order valence-electron chi connectivity index (χ0n) is 9.52. The van der Waals surface area contributed by atoms with Crippen molar-refractivity contribution in [3.63, 3.8) is 0 Å². The van der Waals surface area contributed by atoms with E-state index in [0.29, 0.717) is 0 Å². The van der Waals surface area contributed by atoms with Crippen LogP contribution in [0.2, 0.25) is 0 Å². The zero-order valence-corrected chi connectivity index (χ0v) is 10.3. The molecule has 0 spiro atoms. The summed E-state index contributed by atoms with van der Waals surface area (Å²) in [5, 5.41) is 0. The molecule has 0 saturated carbocycles. The van der Waals surface area contributed by atoms with Crippen molar-refractivity contribution in [2.45, 2.75) is 20.3 Å². The number of likely N-dealkylation sites (N-methyl/N-ethyl adjacent to an activating group) is 1. The SMILES string of the molecule is C=CCC.C=CC[N+](C)(C)CC.[Cl-]. The summed E-state index contributed by atoms with van der Waals surface area (Å²) in [5.74, 6) is 0. The Hall–Kier alpha value is -0.270. The number of nitrogens with zero attached hydrogens (tertiary/aromatic N) is 1. The van der Waals surface area contributed by atoms with E-state index in [2.05, 4.69) is 41.1 Å². The lowest BCUT2D eigenvalue weighted by Gasteiger charge is -2.26. The highest BCUT2D eigenvalue weighted by molar-refractivity contribution is 4.63. The quantitative estimate of drug-likeness (QED) is 0.443. The van der Waals surface area contributed by atoms with Crippen LogP contribution in [0.1, 0.15) is 20.3 Å².